The average Bonchev–Trinajstić information content (AvgIpc) is 2.44. The van der Waals surface area contributed by atoms with Crippen LogP contribution in [0.15, 0.2) is 18.2 Å². The zero-order valence-corrected chi connectivity index (χ0v) is 12.2. The molecule has 19 heavy (non-hydrogen) atoms. The number of aryl methyl sites for hydroxylation is 1. The average molecular weight is 258 g/mol. The molecule has 2 aromatic rings. The molecule has 1 aromatic carbocycles. The molecule has 0 spiro atoms. The van der Waals surface area contributed by atoms with Crippen molar-refractivity contribution in [3.63, 3.8) is 0 Å². The van der Waals surface area contributed by atoms with Gasteiger partial charge in [-0.1, -0.05) is 13.8 Å². The molecule has 1 N–H and O–H groups in total. The van der Waals surface area contributed by atoms with E-state index in [4.69, 9.17) is 9.72 Å². The largest absolute Gasteiger partial charge is 0.494 e. The Bertz CT molecular complexity index is 578. The lowest BCUT2D eigenvalue weighted by atomic mass is 10.1. The molecular formula is C16H22N2O. The van der Waals surface area contributed by atoms with Gasteiger partial charge in [-0.15, -0.1) is 0 Å². The van der Waals surface area contributed by atoms with Crippen molar-refractivity contribution in [2.45, 2.75) is 33.6 Å². The van der Waals surface area contributed by atoms with E-state index in [2.05, 4.69) is 32.2 Å². The summed E-state index contributed by atoms with van der Waals surface area (Å²) in [4.78, 5) is 4.73. The number of aromatic nitrogens is 1. The van der Waals surface area contributed by atoms with Gasteiger partial charge in [-0.25, -0.2) is 0 Å². The second-order valence-corrected chi connectivity index (χ2v) is 4.69. The molecular weight excluding hydrogens is 236 g/mol. The Morgan fingerprint density at radius 1 is 1.26 bits per heavy atom. The van der Waals surface area contributed by atoms with Crippen molar-refractivity contribution in [3.8, 4) is 5.75 Å². The number of fused-ring (bicyclic) bond motifs is 1. The summed E-state index contributed by atoms with van der Waals surface area (Å²) in [6.45, 7) is 7.12. The van der Waals surface area contributed by atoms with Gasteiger partial charge in [-0.05, 0) is 43.5 Å². The first-order chi connectivity index (χ1) is 9.21. The van der Waals surface area contributed by atoms with Gasteiger partial charge in [-0.2, -0.15) is 0 Å². The van der Waals surface area contributed by atoms with Crippen molar-refractivity contribution in [1.82, 2.24) is 4.98 Å². The number of ether oxygens (including phenoxy) is 1. The minimum absolute atomic E-state index is 0.750. The number of pyridine rings is 1. The molecule has 2 rings (SSSR count). The first kappa shape index (κ1) is 13.7. The maximum absolute atomic E-state index is 5.70. The fourth-order valence-electron chi connectivity index (χ4n) is 2.36. The van der Waals surface area contributed by atoms with Gasteiger partial charge in [0.15, 0.2) is 0 Å². The third-order valence-electron chi connectivity index (χ3n) is 3.36. The fraction of sp³-hybridized carbons (Fsp3) is 0.438. The second-order valence-electron chi connectivity index (χ2n) is 4.69. The number of rotatable bonds is 5. The lowest BCUT2D eigenvalue weighted by Crippen LogP contribution is -2.01. The van der Waals surface area contributed by atoms with Crippen molar-refractivity contribution in [2.75, 3.05) is 19.0 Å². The summed E-state index contributed by atoms with van der Waals surface area (Å²) < 4.78 is 5.70. The maximum atomic E-state index is 5.70. The van der Waals surface area contributed by atoms with E-state index < -0.39 is 0 Å². The lowest BCUT2D eigenvalue weighted by molar-refractivity contribution is 0.318. The van der Waals surface area contributed by atoms with Crippen LogP contribution in [0.5, 0.6) is 5.75 Å². The molecule has 0 saturated heterocycles. The minimum Gasteiger partial charge on any atom is -0.494 e. The summed E-state index contributed by atoms with van der Waals surface area (Å²) in [5.41, 5.74) is 4.56. The van der Waals surface area contributed by atoms with Crippen LogP contribution in [0.25, 0.3) is 10.9 Å². The third kappa shape index (κ3) is 2.65. The monoisotopic (exact) mass is 258 g/mol. The Hall–Kier alpha value is -1.77. The number of nitrogens with one attached hydrogen (secondary N) is 1. The third-order valence-corrected chi connectivity index (χ3v) is 3.36. The van der Waals surface area contributed by atoms with E-state index >= 15 is 0 Å². The number of hydrogen-bond donors (Lipinski definition) is 1. The maximum Gasteiger partial charge on any atom is 0.120 e. The van der Waals surface area contributed by atoms with Crippen LogP contribution in [0.1, 0.15) is 31.5 Å². The van der Waals surface area contributed by atoms with Crippen LogP contribution < -0.4 is 10.1 Å². The Labute approximate surface area is 115 Å². The SMILES string of the molecule is CCCOc1ccc2nc(CC)c(C)c(NC)c2c1. The highest BCUT2D eigenvalue weighted by Gasteiger charge is 2.10. The van der Waals surface area contributed by atoms with Gasteiger partial charge < -0.3 is 10.1 Å². The van der Waals surface area contributed by atoms with Gasteiger partial charge in [-0.3, -0.25) is 4.98 Å². The van der Waals surface area contributed by atoms with Gasteiger partial charge >= 0.3 is 0 Å². The van der Waals surface area contributed by atoms with Gasteiger partial charge in [0.25, 0.3) is 0 Å². The molecule has 0 radical (unpaired) electrons. The summed E-state index contributed by atoms with van der Waals surface area (Å²) >= 11 is 0. The predicted octanol–water partition coefficient (Wildman–Crippen LogP) is 3.94. The fourth-order valence-corrected chi connectivity index (χ4v) is 2.36. The van der Waals surface area contributed by atoms with Crippen molar-refractivity contribution in [2.24, 2.45) is 0 Å². The van der Waals surface area contributed by atoms with Gasteiger partial charge in [0, 0.05) is 23.8 Å². The number of nitrogens with zero attached hydrogens (tertiary/aromatic N) is 1. The first-order valence-corrected chi connectivity index (χ1v) is 6.95. The van der Waals surface area contributed by atoms with Crippen LogP contribution in [-0.2, 0) is 6.42 Å². The van der Waals surface area contributed by atoms with Crippen LogP contribution in [-0.4, -0.2) is 18.6 Å². The molecule has 0 unspecified atom stereocenters. The quantitative estimate of drug-likeness (QED) is 0.882. The summed E-state index contributed by atoms with van der Waals surface area (Å²) in [6, 6.07) is 6.12. The molecule has 0 aliphatic heterocycles. The number of benzene rings is 1. The first-order valence-electron chi connectivity index (χ1n) is 6.95. The van der Waals surface area contributed by atoms with E-state index in [1.807, 2.05) is 19.2 Å². The van der Waals surface area contributed by atoms with E-state index in [1.165, 1.54) is 5.56 Å². The molecule has 0 saturated carbocycles. The normalized spacial score (nSPS) is 10.7. The molecule has 1 heterocycles. The van der Waals surface area contributed by atoms with Crippen molar-refractivity contribution >= 4 is 16.6 Å². The molecule has 0 amide bonds. The molecule has 102 valence electrons. The number of hydrogen-bond acceptors (Lipinski definition) is 3. The van der Waals surface area contributed by atoms with E-state index in [9.17, 15) is 0 Å². The van der Waals surface area contributed by atoms with Gasteiger partial charge in [0.05, 0.1) is 12.1 Å². The molecule has 0 atom stereocenters. The lowest BCUT2D eigenvalue weighted by Gasteiger charge is -2.14. The van der Waals surface area contributed by atoms with E-state index in [0.717, 1.165) is 47.5 Å². The van der Waals surface area contributed by atoms with Crippen molar-refractivity contribution in [3.05, 3.63) is 29.5 Å². The summed E-state index contributed by atoms with van der Waals surface area (Å²) in [5, 5.41) is 4.43. The van der Waals surface area contributed by atoms with Crippen LogP contribution >= 0.6 is 0 Å². The molecule has 3 heteroatoms. The molecule has 0 bridgehead atoms. The Kier molecular flexibility index (Phi) is 4.25. The van der Waals surface area contributed by atoms with E-state index in [0.29, 0.717) is 0 Å². The zero-order chi connectivity index (χ0) is 13.8. The van der Waals surface area contributed by atoms with Crippen LogP contribution in [0.3, 0.4) is 0 Å². The van der Waals surface area contributed by atoms with Gasteiger partial charge in [0.1, 0.15) is 5.75 Å². The molecule has 3 nitrogen and oxygen atoms in total. The van der Waals surface area contributed by atoms with Crippen LogP contribution in [0.4, 0.5) is 5.69 Å². The Morgan fingerprint density at radius 3 is 2.68 bits per heavy atom. The highest BCUT2D eigenvalue weighted by molar-refractivity contribution is 5.94. The topological polar surface area (TPSA) is 34.1 Å². The standard InChI is InChI=1S/C16H22N2O/c1-5-9-19-12-7-8-15-13(10-12)16(17-4)11(3)14(6-2)18-15/h7-8,10H,5-6,9H2,1-4H3,(H,17,18). The Balaban J connectivity index is 2.57. The second kappa shape index (κ2) is 5.91. The summed E-state index contributed by atoms with van der Waals surface area (Å²) in [5.74, 6) is 0.913. The Morgan fingerprint density at radius 2 is 2.05 bits per heavy atom. The summed E-state index contributed by atoms with van der Waals surface area (Å²) in [6.07, 6.45) is 1.97. The molecule has 0 aliphatic rings. The molecule has 0 aliphatic carbocycles. The van der Waals surface area contributed by atoms with Crippen molar-refractivity contribution < 1.29 is 4.74 Å². The van der Waals surface area contributed by atoms with E-state index in [1.54, 1.807) is 0 Å². The van der Waals surface area contributed by atoms with Crippen molar-refractivity contribution in [1.29, 1.82) is 0 Å². The summed E-state index contributed by atoms with van der Waals surface area (Å²) in [7, 11) is 1.96. The van der Waals surface area contributed by atoms with Crippen LogP contribution in [0, 0.1) is 6.92 Å². The van der Waals surface area contributed by atoms with Gasteiger partial charge in [0.2, 0.25) is 0 Å². The molecule has 0 fully saturated rings. The molecule has 1 aromatic heterocycles. The zero-order valence-electron chi connectivity index (χ0n) is 12.2. The predicted molar refractivity (Wildman–Crippen MR) is 81.2 cm³/mol. The number of anilines is 1. The smallest absolute Gasteiger partial charge is 0.120 e. The highest BCUT2D eigenvalue weighted by Crippen LogP contribution is 2.30. The minimum atomic E-state index is 0.750. The van der Waals surface area contributed by atoms with E-state index in [-0.39, 0.29) is 0 Å². The highest BCUT2D eigenvalue weighted by atomic mass is 16.5. The van der Waals surface area contributed by atoms with Crippen LogP contribution in [0.2, 0.25) is 0 Å².